The second-order valence-corrected chi connectivity index (χ2v) is 3.30. The number of rotatable bonds is 5. The van der Waals surface area contributed by atoms with Crippen LogP contribution in [0.3, 0.4) is 0 Å². The van der Waals surface area contributed by atoms with Crippen molar-refractivity contribution in [2.24, 2.45) is 16.1 Å². The van der Waals surface area contributed by atoms with E-state index in [0.29, 0.717) is 6.61 Å². The maximum absolute atomic E-state index is 8.26. The van der Waals surface area contributed by atoms with Gasteiger partial charge in [0.15, 0.2) is 0 Å². The summed E-state index contributed by atoms with van der Waals surface area (Å²) in [6.45, 7) is 4.28. The van der Waals surface area contributed by atoms with E-state index in [9.17, 15) is 0 Å². The highest BCUT2D eigenvalue weighted by Crippen LogP contribution is 2.16. The lowest BCUT2D eigenvalue weighted by atomic mass is 10.2. The van der Waals surface area contributed by atoms with Crippen LogP contribution in [0.4, 0.5) is 11.9 Å². The van der Waals surface area contributed by atoms with Crippen LogP contribution in [-0.4, -0.2) is 21.6 Å². The first kappa shape index (κ1) is 12.5. The Labute approximate surface area is 95.9 Å². The Kier molecular flexibility index (Phi) is 4.49. The molecule has 0 saturated heterocycles. The molecule has 17 heavy (non-hydrogen) atoms. The summed E-state index contributed by atoms with van der Waals surface area (Å²) in [5, 5.41) is 6.38. The fourth-order valence-electron chi connectivity index (χ4n) is 0.811. The van der Waals surface area contributed by atoms with Crippen LogP contribution >= 0.6 is 0 Å². The second-order valence-electron chi connectivity index (χ2n) is 3.30. The topological polar surface area (TPSA) is 145 Å². The van der Waals surface area contributed by atoms with Crippen LogP contribution in [0, 0.1) is 5.92 Å². The molecule has 0 atom stereocenters. The van der Waals surface area contributed by atoms with E-state index in [4.69, 9.17) is 15.8 Å². The molecule has 10 nitrogen and oxygen atoms in total. The molecular formula is C7H9N9O. The van der Waals surface area contributed by atoms with Crippen molar-refractivity contribution in [2.75, 3.05) is 6.61 Å². The standard InChI is InChI=1S/C7H9N9O/c1-4(2)3-17-7-11-5(13-15-8)10-6(12-7)14-16-9/h4H,3H2,1-2H3. The van der Waals surface area contributed by atoms with Gasteiger partial charge < -0.3 is 4.74 Å². The monoisotopic (exact) mass is 235 g/mol. The van der Waals surface area contributed by atoms with Crippen molar-refractivity contribution >= 4 is 11.9 Å². The number of hydrogen-bond acceptors (Lipinski definition) is 6. The van der Waals surface area contributed by atoms with Crippen molar-refractivity contribution in [1.82, 2.24) is 15.0 Å². The molecule has 88 valence electrons. The van der Waals surface area contributed by atoms with E-state index in [1.54, 1.807) is 0 Å². The lowest BCUT2D eigenvalue weighted by molar-refractivity contribution is 0.250. The number of aromatic nitrogens is 3. The Morgan fingerprint density at radius 1 is 1.12 bits per heavy atom. The van der Waals surface area contributed by atoms with E-state index >= 15 is 0 Å². The van der Waals surface area contributed by atoms with Crippen molar-refractivity contribution in [3.05, 3.63) is 20.9 Å². The maximum atomic E-state index is 8.26. The van der Waals surface area contributed by atoms with Gasteiger partial charge in [0.05, 0.1) is 6.61 Å². The zero-order valence-electron chi connectivity index (χ0n) is 9.22. The van der Waals surface area contributed by atoms with E-state index in [-0.39, 0.29) is 23.8 Å². The summed E-state index contributed by atoms with van der Waals surface area (Å²) in [7, 11) is 0. The van der Waals surface area contributed by atoms with Gasteiger partial charge in [-0.05, 0) is 27.2 Å². The molecule has 10 heteroatoms. The summed E-state index contributed by atoms with van der Waals surface area (Å²) in [5.41, 5.74) is 16.5. The summed E-state index contributed by atoms with van der Waals surface area (Å²) in [4.78, 5) is 16.1. The fourth-order valence-corrected chi connectivity index (χ4v) is 0.811. The first-order valence-corrected chi connectivity index (χ1v) is 4.64. The number of hydrogen-bond donors (Lipinski definition) is 0. The average Bonchev–Trinajstić information content (AvgIpc) is 2.27. The molecule has 0 spiro atoms. The molecule has 1 aromatic heterocycles. The Balaban J connectivity index is 3.02. The fraction of sp³-hybridized carbons (Fsp3) is 0.571. The third-order valence-electron chi connectivity index (χ3n) is 1.41. The van der Waals surface area contributed by atoms with Gasteiger partial charge in [0.2, 0.25) is 11.9 Å². The smallest absolute Gasteiger partial charge is 0.320 e. The van der Waals surface area contributed by atoms with Crippen LogP contribution in [0.5, 0.6) is 6.01 Å². The molecule has 0 saturated carbocycles. The highest BCUT2D eigenvalue weighted by Gasteiger charge is 2.06. The van der Waals surface area contributed by atoms with Crippen LogP contribution in [0.25, 0.3) is 20.9 Å². The summed E-state index contributed by atoms with van der Waals surface area (Å²) < 4.78 is 5.21. The van der Waals surface area contributed by atoms with Gasteiger partial charge in [0.1, 0.15) is 0 Å². The zero-order valence-corrected chi connectivity index (χ0v) is 9.22. The van der Waals surface area contributed by atoms with Gasteiger partial charge in [-0.1, -0.05) is 13.8 Å². The van der Waals surface area contributed by atoms with E-state index in [2.05, 4.69) is 35.0 Å². The second kappa shape index (κ2) is 6.11. The van der Waals surface area contributed by atoms with E-state index in [0.717, 1.165) is 0 Å². The van der Waals surface area contributed by atoms with Crippen LogP contribution in [0.2, 0.25) is 0 Å². The average molecular weight is 235 g/mol. The number of azide groups is 2. The molecule has 1 heterocycles. The summed E-state index contributed by atoms with van der Waals surface area (Å²) in [6, 6.07) is -0.0431. The molecule has 0 aromatic carbocycles. The van der Waals surface area contributed by atoms with Gasteiger partial charge in [0, 0.05) is 9.82 Å². The number of nitrogens with zero attached hydrogens (tertiary/aromatic N) is 9. The summed E-state index contributed by atoms with van der Waals surface area (Å²) >= 11 is 0. The molecule has 0 aliphatic carbocycles. The molecule has 1 rings (SSSR count). The molecule has 0 aliphatic rings. The minimum Gasteiger partial charge on any atom is -0.463 e. The lowest BCUT2D eigenvalue weighted by Crippen LogP contribution is -2.07. The van der Waals surface area contributed by atoms with Gasteiger partial charge in [-0.2, -0.15) is 9.97 Å². The van der Waals surface area contributed by atoms with Gasteiger partial charge in [-0.3, -0.25) is 0 Å². The third kappa shape index (κ3) is 4.20. The Hall–Kier alpha value is -2.57. The Morgan fingerprint density at radius 3 is 2.06 bits per heavy atom. The van der Waals surface area contributed by atoms with Crippen LogP contribution in [0.1, 0.15) is 13.8 Å². The molecule has 0 bridgehead atoms. The molecule has 0 unspecified atom stereocenters. The summed E-state index contributed by atoms with van der Waals surface area (Å²) in [6.07, 6.45) is 0. The van der Waals surface area contributed by atoms with Gasteiger partial charge in [0.25, 0.3) is 0 Å². The minimum absolute atomic E-state index is 0.0431. The molecule has 0 N–H and O–H groups in total. The van der Waals surface area contributed by atoms with Crippen molar-refractivity contribution in [3.8, 4) is 6.01 Å². The largest absolute Gasteiger partial charge is 0.463 e. The molecule has 0 amide bonds. The zero-order chi connectivity index (χ0) is 12.7. The predicted molar refractivity (Wildman–Crippen MR) is 57.8 cm³/mol. The molecule has 1 aromatic rings. The molecule has 0 aliphatic heterocycles. The van der Waals surface area contributed by atoms with Gasteiger partial charge in [-0.25, -0.2) is 4.98 Å². The highest BCUT2D eigenvalue weighted by atomic mass is 16.5. The van der Waals surface area contributed by atoms with E-state index in [1.807, 2.05) is 13.8 Å². The van der Waals surface area contributed by atoms with Crippen molar-refractivity contribution in [1.29, 1.82) is 0 Å². The molecular weight excluding hydrogens is 226 g/mol. The number of ether oxygens (including phenoxy) is 1. The lowest BCUT2D eigenvalue weighted by Gasteiger charge is -2.06. The quantitative estimate of drug-likeness (QED) is 0.438. The predicted octanol–water partition coefficient (Wildman–Crippen LogP) is 2.79. The van der Waals surface area contributed by atoms with Gasteiger partial charge in [-0.15, -0.1) is 0 Å². The normalized spacial score (nSPS) is 9.35. The van der Waals surface area contributed by atoms with Crippen LogP contribution in [0.15, 0.2) is 10.2 Å². The SMILES string of the molecule is CC(C)COc1nc(N=[N+]=[N-])nc(N=[N+]=[N-])n1. The van der Waals surface area contributed by atoms with Crippen molar-refractivity contribution in [3.63, 3.8) is 0 Å². The Morgan fingerprint density at radius 2 is 1.65 bits per heavy atom. The van der Waals surface area contributed by atoms with E-state index in [1.165, 1.54) is 0 Å². The summed E-state index contributed by atoms with van der Waals surface area (Å²) in [5.74, 6) is -0.134. The minimum atomic E-state index is -0.205. The van der Waals surface area contributed by atoms with Gasteiger partial charge >= 0.3 is 6.01 Å². The first-order valence-electron chi connectivity index (χ1n) is 4.64. The highest BCUT2D eigenvalue weighted by molar-refractivity contribution is 5.26. The van der Waals surface area contributed by atoms with Crippen molar-refractivity contribution < 1.29 is 4.74 Å². The van der Waals surface area contributed by atoms with Crippen molar-refractivity contribution in [2.45, 2.75) is 13.8 Å². The van der Waals surface area contributed by atoms with Crippen LogP contribution in [-0.2, 0) is 0 Å². The Bertz CT molecular complexity index is 450. The maximum Gasteiger partial charge on any atom is 0.320 e. The molecule has 0 fully saturated rings. The molecule has 0 radical (unpaired) electrons. The van der Waals surface area contributed by atoms with E-state index < -0.39 is 0 Å². The first-order chi connectivity index (χ1) is 8.15. The van der Waals surface area contributed by atoms with Crippen LogP contribution < -0.4 is 4.74 Å². The third-order valence-corrected chi connectivity index (χ3v) is 1.41.